The number of nitrogens with zero attached hydrogens (tertiary/aromatic N) is 3. The fraction of sp³-hybridized carbons (Fsp3) is 0.346. The number of carbonyl (C=O) groups excluding carboxylic acids is 1. The highest BCUT2D eigenvalue weighted by Gasteiger charge is 2.27. The highest BCUT2D eigenvalue weighted by Crippen LogP contribution is 2.37. The van der Waals surface area contributed by atoms with Gasteiger partial charge in [0, 0.05) is 30.7 Å². The molecule has 33 heavy (non-hydrogen) atoms. The molecule has 1 fully saturated rings. The lowest BCUT2D eigenvalue weighted by Gasteiger charge is -2.26. The van der Waals surface area contributed by atoms with Crippen molar-refractivity contribution < 1.29 is 9.21 Å². The van der Waals surface area contributed by atoms with Crippen LogP contribution in [-0.4, -0.2) is 25.9 Å². The van der Waals surface area contributed by atoms with Crippen molar-refractivity contribution in [1.82, 2.24) is 20.2 Å². The number of aromatic amines is 1. The Kier molecular flexibility index (Phi) is 6.11. The lowest BCUT2D eigenvalue weighted by atomic mass is 9.79. The van der Waals surface area contributed by atoms with E-state index in [-0.39, 0.29) is 17.3 Å². The van der Waals surface area contributed by atoms with Gasteiger partial charge < -0.3 is 9.40 Å². The molecule has 7 heteroatoms. The second kappa shape index (κ2) is 9.48. The van der Waals surface area contributed by atoms with E-state index in [1.54, 1.807) is 6.07 Å². The average Bonchev–Trinajstić information content (AvgIpc) is 3.34. The number of Topliss-reactive ketones (excluding diaryl/α,β-unsaturated/α-hetero) is 1. The van der Waals surface area contributed by atoms with Crippen molar-refractivity contribution in [2.24, 2.45) is 5.92 Å². The van der Waals surface area contributed by atoms with Crippen LogP contribution in [0.4, 0.5) is 0 Å². The summed E-state index contributed by atoms with van der Waals surface area (Å²) in [5, 5.41) is 9.05. The number of carbonyl (C=O) groups is 1. The first kappa shape index (κ1) is 21.2. The van der Waals surface area contributed by atoms with Crippen LogP contribution in [0.25, 0.3) is 22.4 Å². The lowest BCUT2D eigenvalue weighted by molar-refractivity contribution is -0.120. The third kappa shape index (κ3) is 4.92. The average molecular weight is 443 g/mol. The molecule has 0 radical (unpaired) electrons. The Morgan fingerprint density at radius 3 is 2.55 bits per heavy atom. The summed E-state index contributed by atoms with van der Waals surface area (Å²) in [5.74, 6) is 2.69. The molecule has 7 nitrogen and oxygen atoms in total. The standard InChI is InChI=1S/C26H26N4O3/c31-20(14-15-23-27-22-9-5-4-8-21(22)24(32)28-23)16-17-10-12-19(13-11-17)26-30-29-25(33-26)18-6-2-1-3-7-18/h1-9,17,19H,10-16H2,(H,27,28,32). The zero-order chi connectivity index (χ0) is 22.6. The van der Waals surface area contributed by atoms with Gasteiger partial charge in [0.25, 0.3) is 5.56 Å². The number of hydrogen-bond acceptors (Lipinski definition) is 6. The van der Waals surface area contributed by atoms with E-state index < -0.39 is 0 Å². The molecule has 2 aromatic heterocycles. The molecule has 1 aliphatic carbocycles. The molecule has 0 amide bonds. The molecule has 0 atom stereocenters. The Morgan fingerprint density at radius 2 is 1.73 bits per heavy atom. The second-order valence-corrected chi connectivity index (χ2v) is 8.80. The Labute approximate surface area is 191 Å². The number of para-hydroxylation sites is 1. The number of aryl methyl sites for hydroxylation is 1. The van der Waals surface area contributed by atoms with Gasteiger partial charge in [0.05, 0.1) is 10.9 Å². The summed E-state index contributed by atoms with van der Waals surface area (Å²) >= 11 is 0. The molecule has 1 saturated carbocycles. The highest BCUT2D eigenvalue weighted by atomic mass is 16.4. The Hall–Kier alpha value is -3.61. The molecular formula is C26H26N4O3. The number of rotatable bonds is 7. The minimum atomic E-state index is -0.155. The van der Waals surface area contributed by atoms with Gasteiger partial charge in [-0.25, -0.2) is 4.98 Å². The molecule has 5 rings (SSSR count). The smallest absolute Gasteiger partial charge is 0.258 e. The summed E-state index contributed by atoms with van der Waals surface area (Å²) in [5.41, 5.74) is 1.44. The van der Waals surface area contributed by atoms with Crippen molar-refractivity contribution in [3.05, 3.63) is 76.7 Å². The van der Waals surface area contributed by atoms with Crippen LogP contribution in [0.3, 0.4) is 0 Å². The predicted octanol–water partition coefficient (Wildman–Crippen LogP) is 4.84. The van der Waals surface area contributed by atoms with Crippen molar-refractivity contribution in [2.75, 3.05) is 0 Å². The van der Waals surface area contributed by atoms with Crippen molar-refractivity contribution in [2.45, 2.75) is 50.9 Å². The predicted molar refractivity (Wildman–Crippen MR) is 125 cm³/mol. The van der Waals surface area contributed by atoms with E-state index in [4.69, 9.17) is 4.42 Å². The number of benzene rings is 2. The molecule has 0 bridgehead atoms. The van der Waals surface area contributed by atoms with Crippen LogP contribution < -0.4 is 5.56 Å². The molecule has 1 N–H and O–H groups in total. The zero-order valence-corrected chi connectivity index (χ0v) is 18.4. The largest absolute Gasteiger partial charge is 0.420 e. The maximum absolute atomic E-state index is 12.6. The van der Waals surface area contributed by atoms with Gasteiger partial charge in [-0.2, -0.15) is 0 Å². The minimum absolute atomic E-state index is 0.155. The Balaban J connectivity index is 1.11. The minimum Gasteiger partial charge on any atom is -0.420 e. The normalized spacial score (nSPS) is 18.4. The first-order valence-corrected chi connectivity index (χ1v) is 11.5. The van der Waals surface area contributed by atoms with E-state index in [1.807, 2.05) is 48.5 Å². The van der Waals surface area contributed by atoms with Crippen molar-refractivity contribution >= 4 is 16.7 Å². The maximum atomic E-state index is 12.6. The molecule has 0 unspecified atom stereocenters. The topological polar surface area (TPSA) is 102 Å². The quantitative estimate of drug-likeness (QED) is 0.439. The summed E-state index contributed by atoms with van der Waals surface area (Å²) in [7, 11) is 0. The molecular weight excluding hydrogens is 416 g/mol. The molecule has 4 aromatic rings. The van der Waals surface area contributed by atoms with Crippen molar-refractivity contribution in [3.8, 4) is 11.5 Å². The van der Waals surface area contributed by atoms with Gasteiger partial charge in [0.2, 0.25) is 11.8 Å². The monoisotopic (exact) mass is 442 g/mol. The fourth-order valence-electron chi connectivity index (χ4n) is 4.65. The van der Waals surface area contributed by atoms with Crippen LogP contribution in [0.5, 0.6) is 0 Å². The summed E-state index contributed by atoms with van der Waals surface area (Å²) in [4.78, 5) is 32.1. The Bertz CT molecular complexity index is 1300. The molecule has 2 heterocycles. The van der Waals surface area contributed by atoms with E-state index >= 15 is 0 Å². The number of nitrogens with one attached hydrogen (secondary N) is 1. The highest BCUT2D eigenvalue weighted by molar-refractivity contribution is 5.79. The molecule has 0 saturated heterocycles. The SMILES string of the molecule is O=C(CCc1nc2ccccc2c(=O)[nH]1)CC1CCC(c2nnc(-c3ccccc3)o2)CC1. The van der Waals surface area contributed by atoms with Gasteiger partial charge in [-0.3, -0.25) is 9.59 Å². The van der Waals surface area contributed by atoms with E-state index in [1.165, 1.54) is 0 Å². The van der Waals surface area contributed by atoms with Crippen LogP contribution in [-0.2, 0) is 11.2 Å². The number of H-pyrrole nitrogens is 1. The first-order chi connectivity index (χ1) is 16.2. The second-order valence-electron chi connectivity index (χ2n) is 8.80. The summed E-state index contributed by atoms with van der Waals surface area (Å²) < 4.78 is 5.93. The van der Waals surface area contributed by atoms with E-state index in [2.05, 4.69) is 20.2 Å². The van der Waals surface area contributed by atoms with Crippen LogP contribution in [0.1, 0.15) is 56.2 Å². The molecule has 0 spiro atoms. The first-order valence-electron chi connectivity index (χ1n) is 11.5. The van der Waals surface area contributed by atoms with Crippen molar-refractivity contribution in [3.63, 3.8) is 0 Å². The van der Waals surface area contributed by atoms with Gasteiger partial charge >= 0.3 is 0 Å². The number of aromatic nitrogens is 4. The van der Waals surface area contributed by atoms with Gasteiger partial charge in [-0.1, -0.05) is 30.3 Å². The van der Waals surface area contributed by atoms with Crippen LogP contribution in [0.15, 0.2) is 63.8 Å². The third-order valence-corrected chi connectivity index (χ3v) is 6.48. The van der Waals surface area contributed by atoms with Crippen molar-refractivity contribution in [1.29, 1.82) is 0 Å². The number of hydrogen-bond donors (Lipinski definition) is 1. The summed E-state index contributed by atoms with van der Waals surface area (Å²) in [6.45, 7) is 0. The van der Waals surface area contributed by atoms with E-state index in [9.17, 15) is 9.59 Å². The lowest BCUT2D eigenvalue weighted by Crippen LogP contribution is -2.18. The van der Waals surface area contributed by atoms with Crippen LogP contribution in [0.2, 0.25) is 0 Å². The zero-order valence-electron chi connectivity index (χ0n) is 18.4. The summed E-state index contributed by atoms with van der Waals surface area (Å²) in [6, 6.07) is 17.0. The molecule has 0 aliphatic heterocycles. The van der Waals surface area contributed by atoms with Gasteiger partial charge in [-0.05, 0) is 55.9 Å². The van der Waals surface area contributed by atoms with Gasteiger partial charge in [0.15, 0.2) is 0 Å². The van der Waals surface area contributed by atoms with E-state index in [0.29, 0.717) is 53.7 Å². The van der Waals surface area contributed by atoms with Gasteiger partial charge in [-0.15, -0.1) is 10.2 Å². The molecule has 2 aromatic carbocycles. The molecule has 1 aliphatic rings. The maximum Gasteiger partial charge on any atom is 0.258 e. The molecule has 168 valence electrons. The Morgan fingerprint density at radius 1 is 0.970 bits per heavy atom. The number of ketones is 1. The van der Waals surface area contributed by atoms with E-state index in [0.717, 1.165) is 31.2 Å². The fourth-order valence-corrected chi connectivity index (χ4v) is 4.65. The number of fused-ring (bicyclic) bond motifs is 1. The van der Waals surface area contributed by atoms with Crippen LogP contribution >= 0.6 is 0 Å². The van der Waals surface area contributed by atoms with Crippen LogP contribution in [0, 0.1) is 5.92 Å². The third-order valence-electron chi connectivity index (χ3n) is 6.48. The summed E-state index contributed by atoms with van der Waals surface area (Å²) in [6.07, 6.45) is 5.28. The van der Waals surface area contributed by atoms with Gasteiger partial charge in [0.1, 0.15) is 11.6 Å².